The minimum absolute atomic E-state index is 0.849. The van der Waals surface area contributed by atoms with E-state index in [1.54, 1.807) is 11.3 Å². The molecular formula is C47H28N2OS2. The van der Waals surface area contributed by atoms with Crippen molar-refractivity contribution < 1.29 is 4.42 Å². The van der Waals surface area contributed by atoms with Gasteiger partial charge in [-0.25, -0.2) is 4.98 Å². The number of benzene rings is 8. The highest BCUT2D eigenvalue weighted by Crippen LogP contribution is 2.44. The third kappa shape index (κ3) is 4.67. The number of hydrogen-bond donors (Lipinski definition) is 0. The van der Waals surface area contributed by atoms with Crippen molar-refractivity contribution in [1.29, 1.82) is 0 Å². The van der Waals surface area contributed by atoms with Crippen LogP contribution in [0.4, 0.5) is 17.1 Å². The lowest BCUT2D eigenvalue weighted by Gasteiger charge is -2.26. The van der Waals surface area contributed by atoms with Gasteiger partial charge in [0.1, 0.15) is 16.2 Å². The van der Waals surface area contributed by atoms with E-state index >= 15 is 0 Å². The fraction of sp³-hybridized carbons (Fsp3) is 0. The Balaban J connectivity index is 1.10. The molecule has 3 nitrogen and oxygen atoms in total. The van der Waals surface area contributed by atoms with Crippen molar-refractivity contribution in [3.8, 4) is 21.7 Å². The molecule has 0 bridgehead atoms. The molecule has 0 saturated heterocycles. The summed E-state index contributed by atoms with van der Waals surface area (Å²) in [5.74, 6) is 0. The van der Waals surface area contributed by atoms with Crippen molar-refractivity contribution in [2.45, 2.75) is 0 Å². The third-order valence-corrected chi connectivity index (χ3v) is 12.3. The molecule has 0 atom stereocenters. The lowest BCUT2D eigenvalue weighted by atomic mass is 9.98. The van der Waals surface area contributed by atoms with Crippen molar-refractivity contribution in [2.75, 3.05) is 4.90 Å². The molecule has 0 amide bonds. The van der Waals surface area contributed by atoms with Crippen molar-refractivity contribution in [3.63, 3.8) is 0 Å². The number of fused-ring (bicyclic) bond motifs is 9. The van der Waals surface area contributed by atoms with Crippen LogP contribution >= 0.6 is 22.7 Å². The highest BCUT2D eigenvalue weighted by molar-refractivity contribution is 7.25. The first-order valence-corrected chi connectivity index (χ1v) is 19.0. The second-order valence-electron chi connectivity index (χ2n) is 13.1. The maximum Gasteiger partial charge on any atom is 0.137 e. The molecule has 52 heavy (non-hydrogen) atoms. The van der Waals surface area contributed by atoms with Gasteiger partial charge in [-0.15, -0.1) is 22.7 Å². The molecule has 0 N–H and O–H groups in total. The first kappa shape index (κ1) is 29.5. The minimum Gasteiger partial charge on any atom is -0.456 e. The Morgan fingerprint density at radius 1 is 0.442 bits per heavy atom. The smallest absolute Gasteiger partial charge is 0.137 e. The Labute approximate surface area is 307 Å². The summed E-state index contributed by atoms with van der Waals surface area (Å²) in [4.78, 5) is 7.55. The number of nitrogens with zero attached hydrogens (tertiary/aromatic N) is 2. The van der Waals surface area contributed by atoms with Gasteiger partial charge in [-0.05, 0) is 82.6 Å². The topological polar surface area (TPSA) is 29.3 Å². The average molecular weight is 701 g/mol. The summed E-state index contributed by atoms with van der Waals surface area (Å²) < 4.78 is 10.2. The van der Waals surface area contributed by atoms with Crippen LogP contribution in [0.1, 0.15) is 0 Å². The molecule has 3 heterocycles. The largest absolute Gasteiger partial charge is 0.456 e. The van der Waals surface area contributed by atoms with Gasteiger partial charge in [0, 0.05) is 48.2 Å². The Morgan fingerprint density at radius 2 is 1.15 bits per heavy atom. The second-order valence-corrected chi connectivity index (χ2v) is 15.3. The van der Waals surface area contributed by atoms with Crippen LogP contribution in [0.25, 0.3) is 84.8 Å². The van der Waals surface area contributed by atoms with Crippen molar-refractivity contribution in [3.05, 3.63) is 170 Å². The van der Waals surface area contributed by atoms with Crippen LogP contribution in [0.2, 0.25) is 0 Å². The Kier molecular flexibility index (Phi) is 6.59. The molecule has 3 aromatic heterocycles. The molecule has 244 valence electrons. The predicted molar refractivity (Wildman–Crippen MR) is 223 cm³/mol. The van der Waals surface area contributed by atoms with E-state index in [0.29, 0.717) is 0 Å². The molecular weight excluding hydrogens is 673 g/mol. The zero-order valence-electron chi connectivity index (χ0n) is 27.8. The van der Waals surface area contributed by atoms with Gasteiger partial charge in [0.15, 0.2) is 0 Å². The molecule has 8 aromatic carbocycles. The van der Waals surface area contributed by atoms with Gasteiger partial charge in [-0.1, -0.05) is 109 Å². The van der Waals surface area contributed by atoms with Crippen LogP contribution in [0.3, 0.4) is 0 Å². The Hall–Kier alpha value is -6.27. The highest BCUT2D eigenvalue weighted by Gasteiger charge is 2.20. The lowest BCUT2D eigenvalue weighted by Crippen LogP contribution is -2.09. The van der Waals surface area contributed by atoms with Crippen LogP contribution in [0, 0.1) is 0 Å². The SMILES string of the molecule is c1ccc(-c2nc3c(ccc4oc5ccc(N(c6ccc(-c7cccc8ccccc78)cc6)c6ccc7c(c6)sc6ccccc67)cc5c43)s2)cc1. The number of furan rings is 1. The molecule has 0 aliphatic heterocycles. The minimum atomic E-state index is 0.849. The number of aromatic nitrogens is 1. The summed E-state index contributed by atoms with van der Waals surface area (Å²) >= 11 is 3.57. The van der Waals surface area contributed by atoms with E-state index in [0.717, 1.165) is 59.8 Å². The van der Waals surface area contributed by atoms with E-state index in [-0.39, 0.29) is 0 Å². The van der Waals surface area contributed by atoms with Crippen LogP contribution in [-0.2, 0) is 0 Å². The number of anilines is 3. The molecule has 0 fully saturated rings. The zero-order valence-corrected chi connectivity index (χ0v) is 29.4. The summed E-state index contributed by atoms with van der Waals surface area (Å²) in [6.07, 6.45) is 0. The fourth-order valence-electron chi connectivity index (χ4n) is 7.65. The van der Waals surface area contributed by atoms with Gasteiger partial charge < -0.3 is 9.32 Å². The summed E-state index contributed by atoms with van der Waals surface area (Å²) in [6.45, 7) is 0. The number of thiazole rings is 1. The number of hydrogen-bond acceptors (Lipinski definition) is 5. The van der Waals surface area contributed by atoms with Crippen LogP contribution < -0.4 is 4.90 Å². The van der Waals surface area contributed by atoms with Crippen LogP contribution in [-0.4, -0.2) is 4.98 Å². The zero-order chi connectivity index (χ0) is 34.2. The van der Waals surface area contributed by atoms with Gasteiger partial charge in [-0.3, -0.25) is 0 Å². The van der Waals surface area contributed by atoms with Crippen molar-refractivity contribution in [2.24, 2.45) is 0 Å². The van der Waals surface area contributed by atoms with Crippen LogP contribution in [0.15, 0.2) is 174 Å². The van der Waals surface area contributed by atoms with E-state index in [9.17, 15) is 0 Å². The first-order valence-electron chi connectivity index (χ1n) is 17.4. The van der Waals surface area contributed by atoms with Gasteiger partial charge in [0.25, 0.3) is 0 Å². The number of rotatable bonds is 5. The second kappa shape index (κ2) is 11.6. The first-order chi connectivity index (χ1) is 25.7. The molecule has 11 aromatic rings. The monoisotopic (exact) mass is 700 g/mol. The van der Waals surface area contributed by atoms with E-state index in [2.05, 4.69) is 169 Å². The maximum atomic E-state index is 6.46. The maximum absolute atomic E-state index is 6.46. The highest BCUT2D eigenvalue weighted by atomic mass is 32.1. The quantitative estimate of drug-likeness (QED) is 0.179. The molecule has 0 aliphatic rings. The summed E-state index contributed by atoms with van der Waals surface area (Å²) in [5, 5.41) is 8.21. The van der Waals surface area contributed by atoms with Gasteiger partial charge in [0.05, 0.1) is 15.6 Å². The van der Waals surface area contributed by atoms with E-state index in [1.165, 1.54) is 42.1 Å². The van der Waals surface area contributed by atoms with E-state index in [1.807, 2.05) is 17.4 Å². The number of thiophene rings is 1. The average Bonchev–Trinajstić information content (AvgIpc) is 3.91. The molecule has 0 aliphatic carbocycles. The van der Waals surface area contributed by atoms with Gasteiger partial charge in [0.2, 0.25) is 0 Å². The van der Waals surface area contributed by atoms with Crippen molar-refractivity contribution in [1.82, 2.24) is 4.98 Å². The normalized spacial score (nSPS) is 11.8. The molecule has 0 spiro atoms. The van der Waals surface area contributed by atoms with Gasteiger partial charge in [-0.2, -0.15) is 0 Å². The lowest BCUT2D eigenvalue weighted by molar-refractivity contribution is 0.669. The van der Waals surface area contributed by atoms with Gasteiger partial charge >= 0.3 is 0 Å². The predicted octanol–water partition coefficient (Wildman–Crippen LogP) is 14.5. The Bertz CT molecular complexity index is 3130. The molecule has 11 rings (SSSR count). The Morgan fingerprint density at radius 3 is 2.06 bits per heavy atom. The molecule has 0 unspecified atom stereocenters. The fourth-order valence-corrected chi connectivity index (χ4v) is 9.77. The standard InChI is InChI=1S/C47H28N2OS2/c1-2-10-31(11-3-1)47-48-46-43(52-47)26-25-41-45(46)39-27-33(22-24-40(39)50-41)49(34-21-23-38-37-14-6-7-16-42(37)51-44(38)28-34)32-19-17-30(18-20-32)36-15-8-12-29-9-4-5-13-35(29)36/h1-28H. The molecule has 5 heteroatoms. The third-order valence-electron chi connectivity index (χ3n) is 10.1. The van der Waals surface area contributed by atoms with Crippen molar-refractivity contribution >= 4 is 103 Å². The summed E-state index contributed by atoms with van der Waals surface area (Å²) in [7, 11) is 0. The van der Waals surface area contributed by atoms with E-state index in [4.69, 9.17) is 9.40 Å². The van der Waals surface area contributed by atoms with Crippen LogP contribution in [0.5, 0.6) is 0 Å². The van der Waals surface area contributed by atoms with E-state index < -0.39 is 0 Å². The summed E-state index contributed by atoms with van der Waals surface area (Å²) in [5.41, 5.74) is 9.48. The molecule has 0 radical (unpaired) electrons. The summed E-state index contributed by atoms with van der Waals surface area (Å²) in [6, 6.07) is 60.8. The molecule has 0 saturated carbocycles.